The molecule has 2 atom stereocenters. The van der Waals surface area contributed by atoms with Crippen LogP contribution >= 0.6 is 0 Å². The van der Waals surface area contributed by atoms with Gasteiger partial charge in [0, 0.05) is 19.6 Å². The Morgan fingerprint density at radius 1 is 1.19 bits per heavy atom. The summed E-state index contributed by atoms with van der Waals surface area (Å²) in [7, 11) is 1.73. The minimum Gasteiger partial charge on any atom is -0.394 e. The highest BCUT2D eigenvalue weighted by molar-refractivity contribution is 5.74. The number of aliphatic hydroxyl groups excluding tert-OH is 1. The van der Waals surface area contributed by atoms with Crippen molar-refractivity contribution in [1.29, 1.82) is 0 Å². The molecule has 1 aliphatic rings. The number of nitrogens with one attached hydrogen (secondary N) is 1. The highest BCUT2D eigenvalue weighted by atomic mass is 16.3. The number of nitrogens with zero attached hydrogens (tertiary/aromatic N) is 2. The van der Waals surface area contributed by atoms with Crippen molar-refractivity contribution in [3.8, 4) is 0 Å². The fourth-order valence-corrected chi connectivity index (χ4v) is 2.85. The van der Waals surface area contributed by atoms with Crippen molar-refractivity contribution >= 4 is 6.03 Å². The first kappa shape index (κ1) is 18.2. The summed E-state index contributed by atoms with van der Waals surface area (Å²) in [6.45, 7) is 9.24. The van der Waals surface area contributed by atoms with E-state index in [0.29, 0.717) is 18.5 Å². The zero-order valence-corrected chi connectivity index (χ0v) is 14.1. The lowest BCUT2D eigenvalue weighted by atomic mass is 10.0. The van der Waals surface area contributed by atoms with Crippen LogP contribution in [0.2, 0.25) is 0 Å². The molecule has 5 heteroatoms. The molecule has 5 nitrogen and oxygen atoms in total. The van der Waals surface area contributed by atoms with Crippen molar-refractivity contribution in [2.75, 3.05) is 33.3 Å². The van der Waals surface area contributed by atoms with Gasteiger partial charge in [-0.3, -0.25) is 4.90 Å². The Hall–Kier alpha value is -0.810. The average Bonchev–Trinajstić information content (AvgIpc) is 2.74. The van der Waals surface area contributed by atoms with Crippen molar-refractivity contribution in [2.24, 2.45) is 5.92 Å². The van der Waals surface area contributed by atoms with Crippen molar-refractivity contribution in [2.45, 2.75) is 58.5 Å². The number of hydrogen-bond donors (Lipinski definition) is 2. The number of carbonyl (C=O) groups excluding carboxylic acids is 1. The highest BCUT2D eigenvalue weighted by Crippen LogP contribution is 2.17. The summed E-state index contributed by atoms with van der Waals surface area (Å²) in [5, 5.41) is 12.2. The lowest BCUT2D eigenvalue weighted by Crippen LogP contribution is -2.51. The van der Waals surface area contributed by atoms with Crippen LogP contribution in [-0.2, 0) is 0 Å². The van der Waals surface area contributed by atoms with E-state index in [1.54, 1.807) is 11.9 Å². The molecular formula is C16H33N3O2. The number of urea groups is 1. The topological polar surface area (TPSA) is 55.8 Å². The summed E-state index contributed by atoms with van der Waals surface area (Å²) >= 11 is 0. The molecule has 0 radical (unpaired) electrons. The van der Waals surface area contributed by atoms with Crippen molar-refractivity contribution in [1.82, 2.24) is 15.1 Å². The van der Waals surface area contributed by atoms with Gasteiger partial charge in [0.2, 0.25) is 0 Å². The number of amides is 2. The maximum absolute atomic E-state index is 12.1. The molecule has 0 aromatic carbocycles. The van der Waals surface area contributed by atoms with Crippen LogP contribution in [0.1, 0.15) is 46.5 Å². The minimum atomic E-state index is -0.152. The average molecular weight is 299 g/mol. The van der Waals surface area contributed by atoms with E-state index in [9.17, 15) is 4.79 Å². The second-order valence-corrected chi connectivity index (χ2v) is 6.59. The molecule has 0 aromatic rings. The van der Waals surface area contributed by atoms with E-state index in [2.05, 4.69) is 24.1 Å². The number of likely N-dealkylation sites (tertiary alicyclic amines) is 1. The molecule has 2 N–H and O–H groups in total. The summed E-state index contributed by atoms with van der Waals surface area (Å²) < 4.78 is 0. The molecule has 1 fully saturated rings. The number of rotatable bonds is 6. The normalized spacial score (nSPS) is 19.9. The Labute approximate surface area is 129 Å². The number of likely N-dealkylation sites (N-methyl/N-ethyl adjacent to an activating group) is 1. The smallest absolute Gasteiger partial charge is 0.317 e. The molecule has 0 saturated carbocycles. The van der Waals surface area contributed by atoms with E-state index in [4.69, 9.17) is 5.11 Å². The van der Waals surface area contributed by atoms with Gasteiger partial charge in [0.15, 0.2) is 0 Å². The van der Waals surface area contributed by atoms with E-state index in [0.717, 1.165) is 13.1 Å². The van der Waals surface area contributed by atoms with E-state index >= 15 is 0 Å². The second kappa shape index (κ2) is 9.26. The van der Waals surface area contributed by atoms with Crippen molar-refractivity contribution < 1.29 is 9.90 Å². The molecule has 1 heterocycles. The maximum atomic E-state index is 12.1. The fraction of sp³-hybridized carbons (Fsp3) is 0.938. The highest BCUT2D eigenvalue weighted by Gasteiger charge is 2.24. The third kappa shape index (κ3) is 5.83. The predicted octanol–water partition coefficient (Wildman–Crippen LogP) is 1.91. The third-order valence-corrected chi connectivity index (χ3v) is 4.59. The molecule has 21 heavy (non-hydrogen) atoms. The molecule has 1 saturated heterocycles. The summed E-state index contributed by atoms with van der Waals surface area (Å²) in [5.74, 6) is 0.518. The predicted molar refractivity (Wildman–Crippen MR) is 86.4 cm³/mol. The van der Waals surface area contributed by atoms with Gasteiger partial charge in [0.25, 0.3) is 0 Å². The third-order valence-electron chi connectivity index (χ3n) is 4.59. The maximum Gasteiger partial charge on any atom is 0.317 e. The lowest BCUT2D eigenvalue weighted by molar-refractivity contribution is 0.139. The van der Waals surface area contributed by atoms with Gasteiger partial charge >= 0.3 is 6.03 Å². The molecule has 0 aliphatic carbocycles. The number of carbonyl (C=O) groups is 1. The SMILES string of the molecule is CC(C)[C@@H](CNC(=O)N(C)[C@@H](C)CO)N1CCCCCC1. The quantitative estimate of drug-likeness (QED) is 0.788. The molecule has 0 spiro atoms. The largest absolute Gasteiger partial charge is 0.394 e. The van der Waals surface area contributed by atoms with Gasteiger partial charge in [-0.05, 0) is 38.8 Å². The van der Waals surface area contributed by atoms with Gasteiger partial charge in [0.05, 0.1) is 12.6 Å². The van der Waals surface area contributed by atoms with Crippen molar-refractivity contribution in [3.63, 3.8) is 0 Å². The van der Waals surface area contributed by atoms with Crippen LogP contribution in [0.4, 0.5) is 4.79 Å². The Bertz CT molecular complexity index is 302. The molecule has 124 valence electrons. The van der Waals surface area contributed by atoms with Crippen LogP contribution in [0.25, 0.3) is 0 Å². The van der Waals surface area contributed by atoms with Gasteiger partial charge in [-0.2, -0.15) is 0 Å². The van der Waals surface area contributed by atoms with Crippen LogP contribution in [0, 0.1) is 5.92 Å². The first-order valence-electron chi connectivity index (χ1n) is 8.33. The monoisotopic (exact) mass is 299 g/mol. The second-order valence-electron chi connectivity index (χ2n) is 6.59. The fourth-order valence-electron chi connectivity index (χ4n) is 2.85. The Morgan fingerprint density at radius 2 is 1.76 bits per heavy atom. The van der Waals surface area contributed by atoms with E-state index < -0.39 is 0 Å². The zero-order valence-electron chi connectivity index (χ0n) is 14.1. The molecule has 0 bridgehead atoms. The molecule has 0 aromatic heterocycles. The van der Waals surface area contributed by atoms with Crippen LogP contribution in [0.15, 0.2) is 0 Å². The van der Waals surface area contributed by atoms with Gasteiger partial charge < -0.3 is 15.3 Å². The zero-order chi connectivity index (χ0) is 15.8. The van der Waals surface area contributed by atoms with E-state index in [1.807, 2.05) is 6.92 Å². The van der Waals surface area contributed by atoms with Crippen LogP contribution in [-0.4, -0.2) is 66.3 Å². The molecule has 2 amide bonds. The number of hydrogen-bond acceptors (Lipinski definition) is 3. The number of aliphatic hydroxyl groups is 1. The van der Waals surface area contributed by atoms with Gasteiger partial charge in [-0.15, -0.1) is 0 Å². The van der Waals surface area contributed by atoms with E-state index in [1.165, 1.54) is 25.7 Å². The lowest BCUT2D eigenvalue weighted by Gasteiger charge is -2.34. The van der Waals surface area contributed by atoms with Gasteiger partial charge in [-0.25, -0.2) is 4.79 Å². The molecule has 1 aliphatic heterocycles. The first-order valence-corrected chi connectivity index (χ1v) is 8.33. The molecular weight excluding hydrogens is 266 g/mol. The van der Waals surface area contributed by atoms with Gasteiger partial charge in [0.1, 0.15) is 0 Å². The van der Waals surface area contributed by atoms with Crippen LogP contribution < -0.4 is 5.32 Å². The van der Waals surface area contributed by atoms with E-state index in [-0.39, 0.29) is 18.7 Å². The van der Waals surface area contributed by atoms with Crippen molar-refractivity contribution in [3.05, 3.63) is 0 Å². The van der Waals surface area contributed by atoms with Gasteiger partial charge in [-0.1, -0.05) is 26.7 Å². The minimum absolute atomic E-state index is 0.0103. The summed E-state index contributed by atoms with van der Waals surface area (Å²) in [4.78, 5) is 16.2. The molecule has 1 rings (SSSR count). The Balaban J connectivity index is 2.52. The first-order chi connectivity index (χ1) is 9.97. The summed E-state index contributed by atoms with van der Waals surface area (Å²) in [6.07, 6.45) is 5.17. The van der Waals surface area contributed by atoms with Crippen LogP contribution in [0.3, 0.4) is 0 Å². The summed E-state index contributed by atoms with van der Waals surface area (Å²) in [5.41, 5.74) is 0. The summed E-state index contributed by atoms with van der Waals surface area (Å²) in [6, 6.07) is 0.141. The Kier molecular flexibility index (Phi) is 8.04. The Morgan fingerprint density at radius 3 is 2.24 bits per heavy atom. The standard InChI is InChI=1S/C16H33N3O2/c1-13(2)15(19-9-7-5-6-8-10-19)11-17-16(21)18(4)14(3)12-20/h13-15,20H,5-12H2,1-4H3,(H,17,21)/t14-,15+/m0/s1. The van der Waals surface area contributed by atoms with Crippen LogP contribution in [0.5, 0.6) is 0 Å². The molecule has 0 unspecified atom stereocenters.